The van der Waals surface area contributed by atoms with E-state index in [1.54, 1.807) is 24.3 Å². The van der Waals surface area contributed by atoms with E-state index in [9.17, 15) is 9.59 Å². The molecule has 0 saturated carbocycles. The lowest BCUT2D eigenvalue weighted by atomic mass is 10.1. The summed E-state index contributed by atoms with van der Waals surface area (Å²) in [4.78, 5) is 31.2. The van der Waals surface area contributed by atoms with Gasteiger partial charge >= 0.3 is 0 Å². The van der Waals surface area contributed by atoms with Crippen LogP contribution in [-0.4, -0.2) is 30.5 Å². The van der Waals surface area contributed by atoms with Crippen molar-refractivity contribution in [3.05, 3.63) is 84.2 Å². The molecule has 0 spiro atoms. The van der Waals surface area contributed by atoms with Gasteiger partial charge in [0, 0.05) is 36.6 Å². The van der Waals surface area contributed by atoms with Crippen LogP contribution in [0.4, 0.5) is 11.4 Å². The van der Waals surface area contributed by atoms with Gasteiger partial charge in [-0.05, 0) is 48.0 Å². The summed E-state index contributed by atoms with van der Waals surface area (Å²) in [5.74, 6) is 0.0326. The molecule has 6 nitrogen and oxygen atoms in total. The second-order valence-electron chi connectivity index (χ2n) is 7.31. The number of nitrogens with zero attached hydrogens (tertiary/aromatic N) is 2. The van der Waals surface area contributed by atoms with Gasteiger partial charge in [0.2, 0.25) is 11.8 Å². The molecule has 1 N–H and O–H groups in total. The van der Waals surface area contributed by atoms with Crippen LogP contribution in [0.3, 0.4) is 0 Å². The number of methoxy groups -OCH3 is 1. The SMILES string of the molecule is COc1cccc(N2CC(C(=O)Nc3cccc(/C=C/c4ccccn4)c3)CC2=O)c1. The number of anilines is 2. The maximum absolute atomic E-state index is 12.8. The highest BCUT2D eigenvalue weighted by atomic mass is 16.5. The smallest absolute Gasteiger partial charge is 0.229 e. The number of hydrogen-bond donors (Lipinski definition) is 1. The maximum Gasteiger partial charge on any atom is 0.229 e. The largest absolute Gasteiger partial charge is 0.497 e. The van der Waals surface area contributed by atoms with Crippen molar-refractivity contribution in [1.82, 2.24) is 4.98 Å². The molecule has 156 valence electrons. The normalized spacial score (nSPS) is 16.0. The van der Waals surface area contributed by atoms with Crippen molar-refractivity contribution in [2.75, 3.05) is 23.9 Å². The fourth-order valence-corrected chi connectivity index (χ4v) is 3.53. The van der Waals surface area contributed by atoms with Crippen LogP contribution in [0, 0.1) is 5.92 Å². The van der Waals surface area contributed by atoms with Crippen molar-refractivity contribution in [2.45, 2.75) is 6.42 Å². The van der Waals surface area contributed by atoms with Gasteiger partial charge in [0.15, 0.2) is 0 Å². The Morgan fingerprint density at radius 3 is 2.77 bits per heavy atom. The van der Waals surface area contributed by atoms with Gasteiger partial charge in [0.1, 0.15) is 5.75 Å². The Labute approximate surface area is 181 Å². The van der Waals surface area contributed by atoms with Crippen molar-refractivity contribution < 1.29 is 14.3 Å². The molecule has 31 heavy (non-hydrogen) atoms. The molecule has 1 aliphatic rings. The minimum Gasteiger partial charge on any atom is -0.497 e. The van der Waals surface area contributed by atoms with Crippen LogP contribution in [0.5, 0.6) is 5.75 Å². The molecule has 4 rings (SSSR count). The summed E-state index contributed by atoms with van der Waals surface area (Å²) in [7, 11) is 1.58. The lowest BCUT2D eigenvalue weighted by Gasteiger charge is -2.17. The predicted molar refractivity (Wildman–Crippen MR) is 122 cm³/mol. The number of amides is 2. The van der Waals surface area contributed by atoms with Crippen LogP contribution in [0.2, 0.25) is 0 Å². The molecular weight excluding hydrogens is 390 g/mol. The van der Waals surface area contributed by atoms with E-state index in [0.717, 1.165) is 16.9 Å². The number of ether oxygens (including phenoxy) is 1. The quantitative estimate of drug-likeness (QED) is 0.656. The molecule has 2 aromatic carbocycles. The molecule has 1 aliphatic heterocycles. The number of nitrogens with one attached hydrogen (secondary N) is 1. The zero-order valence-corrected chi connectivity index (χ0v) is 17.2. The third-order valence-electron chi connectivity index (χ3n) is 5.15. The number of pyridine rings is 1. The Bertz CT molecular complexity index is 1110. The van der Waals surface area contributed by atoms with E-state index in [1.165, 1.54) is 0 Å². The number of benzene rings is 2. The van der Waals surface area contributed by atoms with E-state index in [4.69, 9.17) is 4.74 Å². The zero-order chi connectivity index (χ0) is 21.6. The summed E-state index contributed by atoms with van der Waals surface area (Å²) in [6, 6.07) is 20.6. The van der Waals surface area contributed by atoms with Crippen LogP contribution in [-0.2, 0) is 9.59 Å². The predicted octanol–water partition coefficient (Wildman–Crippen LogP) is 4.25. The van der Waals surface area contributed by atoms with Gasteiger partial charge in [0.05, 0.1) is 18.7 Å². The Hall–Kier alpha value is -3.93. The second-order valence-corrected chi connectivity index (χ2v) is 7.31. The van der Waals surface area contributed by atoms with Crippen molar-refractivity contribution in [3.63, 3.8) is 0 Å². The third kappa shape index (κ3) is 4.98. The summed E-state index contributed by atoms with van der Waals surface area (Å²) < 4.78 is 5.24. The highest BCUT2D eigenvalue weighted by Crippen LogP contribution is 2.28. The Morgan fingerprint density at radius 2 is 1.97 bits per heavy atom. The van der Waals surface area contributed by atoms with E-state index in [1.807, 2.05) is 72.8 Å². The van der Waals surface area contributed by atoms with Crippen LogP contribution in [0.15, 0.2) is 72.9 Å². The number of hydrogen-bond acceptors (Lipinski definition) is 4. The number of rotatable bonds is 6. The van der Waals surface area contributed by atoms with Crippen molar-refractivity contribution >= 4 is 35.3 Å². The first kappa shape index (κ1) is 20.3. The van der Waals surface area contributed by atoms with E-state index < -0.39 is 5.92 Å². The minimum atomic E-state index is -0.411. The van der Waals surface area contributed by atoms with Gasteiger partial charge in [0.25, 0.3) is 0 Å². The monoisotopic (exact) mass is 413 g/mol. The van der Waals surface area contributed by atoms with Crippen molar-refractivity contribution in [2.24, 2.45) is 5.92 Å². The average molecular weight is 413 g/mol. The number of carbonyl (C=O) groups excluding carboxylic acids is 2. The van der Waals surface area contributed by atoms with E-state index in [2.05, 4.69) is 10.3 Å². The lowest BCUT2D eigenvalue weighted by Crippen LogP contribution is -2.28. The highest BCUT2D eigenvalue weighted by molar-refractivity contribution is 6.03. The first-order valence-corrected chi connectivity index (χ1v) is 10.1. The average Bonchev–Trinajstić information content (AvgIpc) is 3.20. The lowest BCUT2D eigenvalue weighted by molar-refractivity contribution is -0.122. The molecule has 0 aliphatic carbocycles. The topological polar surface area (TPSA) is 71.5 Å². The molecule has 0 bridgehead atoms. The summed E-state index contributed by atoms with van der Waals surface area (Å²) in [6.07, 6.45) is 5.79. The van der Waals surface area contributed by atoms with Gasteiger partial charge in [-0.15, -0.1) is 0 Å². The molecule has 1 saturated heterocycles. The fourth-order valence-electron chi connectivity index (χ4n) is 3.53. The maximum atomic E-state index is 12.8. The molecule has 6 heteroatoms. The van der Waals surface area contributed by atoms with Gasteiger partial charge in [-0.25, -0.2) is 0 Å². The van der Waals surface area contributed by atoms with Crippen molar-refractivity contribution in [3.8, 4) is 5.75 Å². The molecular formula is C25H23N3O3. The molecule has 1 fully saturated rings. The second kappa shape index (κ2) is 9.26. The van der Waals surface area contributed by atoms with Crippen LogP contribution < -0.4 is 15.0 Å². The highest BCUT2D eigenvalue weighted by Gasteiger charge is 2.35. The van der Waals surface area contributed by atoms with E-state index in [-0.39, 0.29) is 18.2 Å². The summed E-state index contributed by atoms with van der Waals surface area (Å²) in [5, 5.41) is 2.95. The van der Waals surface area contributed by atoms with Crippen LogP contribution in [0.1, 0.15) is 17.7 Å². The summed E-state index contributed by atoms with van der Waals surface area (Å²) in [5.41, 5.74) is 3.24. The standard InChI is InChI=1S/C25H23N3O3/c1-31-23-10-5-9-22(16-23)28-17-19(15-24(28)29)25(30)27-21-8-4-6-18(14-21)11-12-20-7-2-3-13-26-20/h2-14,16,19H,15,17H2,1H3,(H,27,30)/b12-11+. The Kier molecular flexibility index (Phi) is 6.08. The van der Waals surface area contributed by atoms with E-state index in [0.29, 0.717) is 18.0 Å². The molecule has 1 unspecified atom stereocenters. The van der Waals surface area contributed by atoms with Crippen molar-refractivity contribution in [1.29, 1.82) is 0 Å². The third-order valence-corrected chi connectivity index (χ3v) is 5.15. The summed E-state index contributed by atoms with van der Waals surface area (Å²) in [6.45, 7) is 0.344. The van der Waals surface area contributed by atoms with E-state index >= 15 is 0 Å². The van der Waals surface area contributed by atoms with Gasteiger partial charge < -0.3 is 15.0 Å². The number of carbonyl (C=O) groups is 2. The van der Waals surface area contributed by atoms with Crippen LogP contribution in [0.25, 0.3) is 12.2 Å². The molecule has 0 radical (unpaired) electrons. The number of aromatic nitrogens is 1. The first-order valence-electron chi connectivity index (χ1n) is 10.1. The summed E-state index contributed by atoms with van der Waals surface area (Å²) >= 11 is 0. The van der Waals surface area contributed by atoms with Gasteiger partial charge in [-0.3, -0.25) is 14.6 Å². The van der Waals surface area contributed by atoms with Crippen LogP contribution >= 0.6 is 0 Å². The molecule has 2 heterocycles. The molecule has 2 amide bonds. The molecule has 1 aromatic heterocycles. The molecule has 3 aromatic rings. The van der Waals surface area contributed by atoms with Gasteiger partial charge in [-0.1, -0.05) is 30.3 Å². The zero-order valence-electron chi connectivity index (χ0n) is 17.2. The molecule has 1 atom stereocenters. The minimum absolute atomic E-state index is 0.0690. The van der Waals surface area contributed by atoms with Gasteiger partial charge in [-0.2, -0.15) is 0 Å². The Balaban J connectivity index is 1.41. The Morgan fingerprint density at radius 1 is 1.10 bits per heavy atom. The fraction of sp³-hybridized carbons (Fsp3) is 0.160. The first-order chi connectivity index (χ1) is 15.1.